The van der Waals surface area contributed by atoms with Gasteiger partial charge >= 0.3 is 0 Å². The Morgan fingerprint density at radius 2 is 1.81 bits per heavy atom. The molecule has 0 unspecified atom stereocenters. The van der Waals surface area contributed by atoms with Crippen LogP contribution in [0.25, 0.3) is 0 Å². The number of halogens is 3. The molecule has 88 valence electrons. The number of carbonyl (C=O) groups is 1. The first-order chi connectivity index (χ1) is 7.50. The first-order valence-corrected chi connectivity index (χ1v) is 5.61. The van der Waals surface area contributed by atoms with Gasteiger partial charge in [0.25, 0.3) is 0 Å². The topological polar surface area (TPSA) is 49.4 Å². The van der Waals surface area contributed by atoms with Gasteiger partial charge in [-0.3, -0.25) is 0 Å². The average Bonchev–Trinajstić information content (AvgIpc) is 2.19. The molecule has 0 aliphatic heterocycles. The van der Waals surface area contributed by atoms with E-state index in [1.54, 1.807) is 0 Å². The molecule has 3 nitrogen and oxygen atoms in total. The molecule has 0 heterocycles. The second-order valence-electron chi connectivity index (χ2n) is 3.02. The standard InChI is InChI=1S/C10H9Cl3O3/c11-6-4-8(13)9(5-7(6)12)16-3-1-2-10(14)15/h4-5H,1-3H2,(H,14,15)/p-1. The number of aliphatic carboxylic acids is 1. The summed E-state index contributed by atoms with van der Waals surface area (Å²) in [4.78, 5) is 10.1. The van der Waals surface area contributed by atoms with Gasteiger partial charge < -0.3 is 14.6 Å². The van der Waals surface area contributed by atoms with Gasteiger partial charge in [-0.2, -0.15) is 0 Å². The molecule has 1 rings (SSSR count). The van der Waals surface area contributed by atoms with Crippen molar-refractivity contribution < 1.29 is 14.6 Å². The average molecular weight is 283 g/mol. The summed E-state index contributed by atoms with van der Waals surface area (Å²) < 4.78 is 5.26. The molecule has 0 aromatic heterocycles. The highest BCUT2D eigenvalue weighted by atomic mass is 35.5. The third-order valence-electron chi connectivity index (χ3n) is 1.76. The van der Waals surface area contributed by atoms with Crippen molar-refractivity contribution in [2.45, 2.75) is 12.8 Å². The Morgan fingerprint density at radius 3 is 2.44 bits per heavy atom. The number of hydrogen-bond acceptors (Lipinski definition) is 3. The van der Waals surface area contributed by atoms with E-state index in [4.69, 9.17) is 39.5 Å². The number of hydrogen-bond donors (Lipinski definition) is 0. The van der Waals surface area contributed by atoms with E-state index in [0.717, 1.165) is 0 Å². The lowest BCUT2D eigenvalue weighted by Gasteiger charge is -2.09. The van der Waals surface area contributed by atoms with Crippen LogP contribution in [0.15, 0.2) is 12.1 Å². The zero-order valence-electron chi connectivity index (χ0n) is 8.13. The van der Waals surface area contributed by atoms with E-state index in [1.165, 1.54) is 12.1 Å². The van der Waals surface area contributed by atoms with E-state index in [0.29, 0.717) is 27.2 Å². The highest BCUT2D eigenvalue weighted by molar-refractivity contribution is 6.43. The monoisotopic (exact) mass is 281 g/mol. The Kier molecular flexibility index (Phi) is 5.19. The Bertz CT molecular complexity index is 393. The normalized spacial score (nSPS) is 10.2. The van der Waals surface area contributed by atoms with Crippen molar-refractivity contribution in [1.29, 1.82) is 0 Å². The van der Waals surface area contributed by atoms with Gasteiger partial charge in [0.05, 0.1) is 21.7 Å². The third kappa shape index (κ3) is 4.08. The van der Waals surface area contributed by atoms with Crippen LogP contribution in [0.1, 0.15) is 12.8 Å². The van der Waals surface area contributed by atoms with Crippen molar-refractivity contribution in [1.82, 2.24) is 0 Å². The molecule has 1 aromatic rings. The summed E-state index contributed by atoms with van der Waals surface area (Å²) in [6.45, 7) is 0.228. The van der Waals surface area contributed by atoms with Crippen molar-refractivity contribution >= 4 is 40.8 Å². The summed E-state index contributed by atoms with van der Waals surface area (Å²) in [5.74, 6) is -0.724. The van der Waals surface area contributed by atoms with Gasteiger partial charge in [-0.15, -0.1) is 0 Å². The van der Waals surface area contributed by atoms with Gasteiger partial charge in [-0.25, -0.2) is 0 Å². The molecule has 0 bridgehead atoms. The zero-order valence-corrected chi connectivity index (χ0v) is 10.4. The van der Waals surface area contributed by atoms with Crippen molar-refractivity contribution in [3.05, 3.63) is 27.2 Å². The number of carboxylic acid groups (broad SMARTS) is 1. The maximum Gasteiger partial charge on any atom is 0.139 e. The van der Waals surface area contributed by atoms with Gasteiger partial charge in [0, 0.05) is 12.0 Å². The summed E-state index contributed by atoms with van der Waals surface area (Å²) in [5, 5.41) is 11.2. The van der Waals surface area contributed by atoms with Crippen LogP contribution in [0.2, 0.25) is 15.1 Å². The van der Waals surface area contributed by atoms with Gasteiger partial charge in [0.15, 0.2) is 0 Å². The molecule has 1 aromatic carbocycles. The van der Waals surface area contributed by atoms with Crippen LogP contribution in [0, 0.1) is 0 Å². The quantitative estimate of drug-likeness (QED) is 0.616. The lowest BCUT2D eigenvalue weighted by Crippen LogP contribution is -2.22. The second-order valence-corrected chi connectivity index (χ2v) is 4.24. The molecule has 0 fully saturated rings. The van der Waals surface area contributed by atoms with E-state index >= 15 is 0 Å². The predicted molar refractivity (Wildman–Crippen MR) is 61.2 cm³/mol. The van der Waals surface area contributed by atoms with Crippen LogP contribution < -0.4 is 9.84 Å². The Hall–Kier alpha value is -0.640. The van der Waals surface area contributed by atoms with Crippen LogP contribution in [0.5, 0.6) is 5.75 Å². The molecular formula is C10H8Cl3O3-. The molecule has 0 saturated carbocycles. The van der Waals surface area contributed by atoms with Gasteiger partial charge in [-0.05, 0) is 18.9 Å². The van der Waals surface area contributed by atoms with Gasteiger partial charge in [0.1, 0.15) is 5.75 Å². The van der Waals surface area contributed by atoms with Crippen molar-refractivity contribution in [3.8, 4) is 5.75 Å². The maximum absolute atomic E-state index is 10.1. The fraction of sp³-hybridized carbons (Fsp3) is 0.300. The van der Waals surface area contributed by atoms with E-state index < -0.39 is 5.97 Å². The minimum absolute atomic E-state index is 0.0566. The first-order valence-electron chi connectivity index (χ1n) is 4.48. The van der Waals surface area contributed by atoms with E-state index in [2.05, 4.69) is 0 Å². The highest BCUT2D eigenvalue weighted by Gasteiger charge is 2.06. The first kappa shape index (κ1) is 13.4. The Labute approximate surface area is 108 Å². The minimum atomic E-state index is -1.11. The number of benzene rings is 1. The number of carbonyl (C=O) groups excluding carboxylic acids is 1. The van der Waals surface area contributed by atoms with Crippen LogP contribution in [0.3, 0.4) is 0 Å². The number of ether oxygens (including phenoxy) is 1. The minimum Gasteiger partial charge on any atom is -0.550 e. The van der Waals surface area contributed by atoms with Crippen molar-refractivity contribution in [3.63, 3.8) is 0 Å². The number of carboxylic acids is 1. The van der Waals surface area contributed by atoms with Gasteiger partial charge in [-0.1, -0.05) is 34.8 Å². The molecule has 0 atom stereocenters. The summed E-state index contributed by atoms with van der Waals surface area (Å²) >= 11 is 17.4. The molecule has 6 heteroatoms. The molecule has 0 radical (unpaired) electrons. The second kappa shape index (κ2) is 6.18. The van der Waals surface area contributed by atoms with Crippen LogP contribution in [-0.2, 0) is 4.79 Å². The van der Waals surface area contributed by atoms with E-state index in [9.17, 15) is 9.90 Å². The molecular weight excluding hydrogens is 274 g/mol. The van der Waals surface area contributed by atoms with Crippen LogP contribution in [0.4, 0.5) is 0 Å². The molecule has 0 saturated heterocycles. The Balaban J connectivity index is 2.54. The summed E-state index contributed by atoms with van der Waals surface area (Å²) in [7, 11) is 0. The molecule has 0 N–H and O–H groups in total. The molecule has 0 amide bonds. The molecule has 0 aliphatic carbocycles. The third-order valence-corrected chi connectivity index (χ3v) is 2.78. The molecule has 0 spiro atoms. The van der Waals surface area contributed by atoms with Crippen LogP contribution in [-0.4, -0.2) is 12.6 Å². The number of rotatable bonds is 5. The van der Waals surface area contributed by atoms with Crippen molar-refractivity contribution in [2.24, 2.45) is 0 Å². The fourth-order valence-electron chi connectivity index (χ4n) is 1.01. The predicted octanol–water partition coefficient (Wildman–Crippen LogP) is 2.56. The highest BCUT2D eigenvalue weighted by Crippen LogP contribution is 2.33. The lowest BCUT2D eigenvalue weighted by atomic mass is 10.3. The van der Waals surface area contributed by atoms with Crippen molar-refractivity contribution in [2.75, 3.05) is 6.61 Å². The van der Waals surface area contributed by atoms with E-state index in [1.807, 2.05) is 0 Å². The maximum atomic E-state index is 10.1. The summed E-state index contributed by atoms with van der Waals surface area (Å²) in [5.41, 5.74) is 0. The summed E-state index contributed by atoms with van der Waals surface area (Å²) in [6.07, 6.45) is 0.290. The van der Waals surface area contributed by atoms with Gasteiger partial charge in [0.2, 0.25) is 0 Å². The Morgan fingerprint density at radius 1 is 1.19 bits per heavy atom. The fourth-order valence-corrected chi connectivity index (χ4v) is 1.60. The molecule has 16 heavy (non-hydrogen) atoms. The largest absolute Gasteiger partial charge is 0.550 e. The van der Waals surface area contributed by atoms with Crippen LogP contribution >= 0.6 is 34.8 Å². The lowest BCUT2D eigenvalue weighted by molar-refractivity contribution is -0.305. The molecule has 0 aliphatic rings. The summed E-state index contributed by atoms with van der Waals surface area (Å²) in [6, 6.07) is 2.96. The SMILES string of the molecule is O=C([O-])CCCOc1cc(Cl)c(Cl)cc1Cl. The zero-order chi connectivity index (χ0) is 12.1. The van der Waals surface area contributed by atoms with E-state index in [-0.39, 0.29) is 13.0 Å². The smallest absolute Gasteiger partial charge is 0.139 e.